The summed E-state index contributed by atoms with van der Waals surface area (Å²) in [6.45, 7) is 1.75. The predicted molar refractivity (Wildman–Crippen MR) is 91.2 cm³/mol. The molecule has 0 spiro atoms. The second kappa shape index (κ2) is 7.38. The molecule has 22 heavy (non-hydrogen) atoms. The van der Waals surface area contributed by atoms with Gasteiger partial charge in [-0.05, 0) is 37.3 Å². The van der Waals surface area contributed by atoms with Gasteiger partial charge in [0.05, 0.1) is 23.5 Å². The number of rotatable bonds is 5. The van der Waals surface area contributed by atoms with Crippen LogP contribution in [-0.4, -0.2) is 19.1 Å². The minimum absolute atomic E-state index is 0.227. The number of hydrogen-bond acceptors (Lipinski definition) is 3. The van der Waals surface area contributed by atoms with E-state index in [4.69, 9.17) is 27.9 Å². The molecule has 116 valence electrons. The van der Waals surface area contributed by atoms with Gasteiger partial charge in [-0.1, -0.05) is 35.3 Å². The summed E-state index contributed by atoms with van der Waals surface area (Å²) in [5, 5.41) is 6.79. The fourth-order valence-corrected chi connectivity index (χ4v) is 2.23. The number of benzene rings is 2. The number of carbonyl (C=O) groups excluding carboxylic acids is 1. The lowest BCUT2D eigenvalue weighted by Crippen LogP contribution is -2.32. The molecular formula is C16H16Cl2N2O2. The molecule has 0 heterocycles. The molecular weight excluding hydrogens is 323 g/mol. The Morgan fingerprint density at radius 1 is 1.14 bits per heavy atom. The highest BCUT2D eigenvalue weighted by Crippen LogP contribution is 2.26. The van der Waals surface area contributed by atoms with Crippen LogP contribution < -0.4 is 15.4 Å². The number of para-hydroxylation sites is 2. The van der Waals surface area contributed by atoms with E-state index in [1.54, 1.807) is 32.2 Å². The van der Waals surface area contributed by atoms with Crippen LogP contribution in [0.4, 0.5) is 11.4 Å². The number of halogens is 2. The van der Waals surface area contributed by atoms with Crippen LogP contribution in [0, 0.1) is 0 Å². The van der Waals surface area contributed by atoms with Crippen LogP contribution in [0.25, 0.3) is 0 Å². The minimum atomic E-state index is -0.480. The van der Waals surface area contributed by atoms with Crippen molar-refractivity contribution in [3.63, 3.8) is 0 Å². The summed E-state index contributed by atoms with van der Waals surface area (Å²) in [5.41, 5.74) is 1.22. The topological polar surface area (TPSA) is 50.4 Å². The molecule has 0 bridgehead atoms. The van der Waals surface area contributed by atoms with E-state index < -0.39 is 6.04 Å². The number of nitrogens with one attached hydrogen (secondary N) is 2. The van der Waals surface area contributed by atoms with Crippen molar-refractivity contribution in [3.05, 3.63) is 52.5 Å². The van der Waals surface area contributed by atoms with Gasteiger partial charge in [0, 0.05) is 5.02 Å². The number of anilines is 2. The van der Waals surface area contributed by atoms with Crippen LogP contribution in [-0.2, 0) is 4.79 Å². The van der Waals surface area contributed by atoms with Crippen molar-refractivity contribution in [2.24, 2.45) is 0 Å². The first kappa shape index (κ1) is 16.5. The van der Waals surface area contributed by atoms with Crippen LogP contribution in [0.15, 0.2) is 42.5 Å². The summed E-state index contributed by atoms with van der Waals surface area (Å²) in [7, 11) is 1.58. The van der Waals surface area contributed by atoms with E-state index in [0.717, 1.165) is 5.69 Å². The van der Waals surface area contributed by atoms with E-state index in [9.17, 15) is 4.79 Å². The van der Waals surface area contributed by atoms with Gasteiger partial charge in [0.15, 0.2) is 0 Å². The Morgan fingerprint density at radius 2 is 1.86 bits per heavy atom. The average Bonchev–Trinajstić information content (AvgIpc) is 2.51. The molecule has 2 rings (SSSR count). The summed E-state index contributed by atoms with van der Waals surface area (Å²) in [5.74, 6) is 0.443. The molecule has 0 saturated carbocycles. The lowest BCUT2D eigenvalue weighted by molar-refractivity contribution is -0.116. The van der Waals surface area contributed by atoms with Crippen LogP contribution >= 0.6 is 23.2 Å². The summed E-state index contributed by atoms with van der Waals surface area (Å²) >= 11 is 11.9. The van der Waals surface area contributed by atoms with Gasteiger partial charge in [0.25, 0.3) is 0 Å². The molecule has 0 aromatic heterocycles. The first-order valence-corrected chi connectivity index (χ1v) is 7.42. The zero-order chi connectivity index (χ0) is 16.1. The van der Waals surface area contributed by atoms with Crippen molar-refractivity contribution in [2.45, 2.75) is 13.0 Å². The Balaban J connectivity index is 2.07. The molecule has 1 atom stereocenters. The average molecular weight is 339 g/mol. The van der Waals surface area contributed by atoms with Crippen LogP contribution in [0.3, 0.4) is 0 Å². The third-order valence-electron chi connectivity index (χ3n) is 3.06. The van der Waals surface area contributed by atoms with E-state index >= 15 is 0 Å². The Kier molecular flexibility index (Phi) is 5.52. The van der Waals surface area contributed by atoms with Gasteiger partial charge < -0.3 is 15.4 Å². The van der Waals surface area contributed by atoms with E-state index in [0.29, 0.717) is 21.5 Å². The van der Waals surface area contributed by atoms with Crippen LogP contribution in [0.1, 0.15) is 6.92 Å². The highest BCUT2D eigenvalue weighted by atomic mass is 35.5. The molecule has 2 aromatic rings. The number of amides is 1. The summed E-state index contributed by atoms with van der Waals surface area (Å²) in [4.78, 5) is 12.3. The Morgan fingerprint density at radius 3 is 2.59 bits per heavy atom. The Labute approximate surface area is 139 Å². The number of hydrogen-bond donors (Lipinski definition) is 2. The fourth-order valence-electron chi connectivity index (χ4n) is 1.90. The van der Waals surface area contributed by atoms with Crippen molar-refractivity contribution in [1.29, 1.82) is 0 Å². The fraction of sp³-hybridized carbons (Fsp3) is 0.188. The van der Waals surface area contributed by atoms with Crippen molar-refractivity contribution in [3.8, 4) is 5.75 Å². The van der Waals surface area contributed by atoms with Crippen LogP contribution in [0.2, 0.25) is 10.0 Å². The van der Waals surface area contributed by atoms with Crippen molar-refractivity contribution >= 4 is 40.5 Å². The molecule has 0 radical (unpaired) electrons. The molecule has 0 aliphatic heterocycles. The van der Waals surface area contributed by atoms with Gasteiger partial charge >= 0.3 is 0 Å². The lowest BCUT2D eigenvalue weighted by Gasteiger charge is -2.17. The molecule has 0 fully saturated rings. The number of ether oxygens (including phenoxy) is 1. The number of carbonyl (C=O) groups is 1. The van der Waals surface area contributed by atoms with Crippen molar-refractivity contribution in [2.75, 3.05) is 17.7 Å². The standard InChI is InChI=1S/C16H16Cl2N2O2/c1-10(19-13-5-3-4-6-15(13)22-2)16(21)20-14-9-11(17)7-8-12(14)18/h3-10,19H,1-2H3,(H,20,21). The van der Waals surface area contributed by atoms with Crippen molar-refractivity contribution < 1.29 is 9.53 Å². The molecule has 0 saturated heterocycles. The summed E-state index contributed by atoms with van der Waals surface area (Å²) < 4.78 is 5.25. The largest absolute Gasteiger partial charge is 0.495 e. The van der Waals surface area contributed by atoms with Gasteiger partial charge in [-0.3, -0.25) is 4.79 Å². The molecule has 2 N–H and O–H groups in total. The van der Waals surface area contributed by atoms with E-state index in [1.807, 2.05) is 24.3 Å². The SMILES string of the molecule is COc1ccccc1NC(C)C(=O)Nc1cc(Cl)ccc1Cl. The van der Waals surface area contributed by atoms with Crippen LogP contribution in [0.5, 0.6) is 5.75 Å². The molecule has 0 aliphatic rings. The third kappa shape index (κ3) is 4.06. The summed E-state index contributed by atoms with van der Waals surface area (Å²) in [6.07, 6.45) is 0. The van der Waals surface area contributed by atoms with Gasteiger partial charge in [-0.25, -0.2) is 0 Å². The maximum atomic E-state index is 12.3. The molecule has 1 amide bonds. The molecule has 2 aromatic carbocycles. The minimum Gasteiger partial charge on any atom is -0.495 e. The molecule has 6 heteroatoms. The van der Waals surface area contributed by atoms with Crippen molar-refractivity contribution in [1.82, 2.24) is 0 Å². The first-order chi connectivity index (χ1) is 10.5. The summed E-state index contributed by atoms with van der Waals surface area (Å²) in [6, 6.07) is 11.8. The normalized spacial score (nSPS) is 11.6. The zero-order valence-corrected chi connectivity index (χ0v) is 13.7. The zero-order valence-electron chi connectivity index (χ0n) is 12.2. The maximum absolute atomic E-state index is 12.3. The highest BCUT2D eigenvalue weighted by molar-refractivity contribution is 6.35. The maximum Gasteiger partial charge on any atom is 0.246 e. The van der Waals surface area contributed by atoms with Gasteiger partial charge in [0.1, 0.15) is 11.8 Å². The quantitative estimate of drug-likeness (QED) is 0.847. The van der Waals surface area contributed by atoms with E-state index in [1.165, 1.54) is 0 Å². The van der Waals surface area contributed by atoms with E-state index in [-0.39, 0.29) is 5.91 Å². The monoisotopic (exact) mass is 338 g/mol. The molecule has 4 nitrogen and oxygen atoms in total. The Bertz CT molecular complexity index is 677. The smallest absolute Gasteiger partial charge is 0.246 e. The number of methoxy groups -OCH3 is 1. The predicted octanol–water partition coefficient (Wildman–Crippen LogP) is 4.44. The van der Waals surface area contributed by atoms with Gasteiger partial charge in [-0.2, -0.15) is 0 Å². The molecule has 1 unspecified atom stereocenters. The lowest BCUT2D eigenvalue weighted by atomic mass is 10.2. The Hall–Kier alpha value is -1.91. The second-order valence-electron chi connectivity index (χ2n) is 4.68. The van der Waals surface area contributed by atoms with Gasteiger partial charge in [-0.15, -0.1) is 0 Å². The highest BCUT2D eigenvalue weighted by Gasteiger charge is 2.16. The second-order valence-corrected chi connectivity index (χ2v) is 5.52. The van der Waals surface area contributed by atoms with Gasteiger partial charge in [0.2, 0.25) is 5.91 Å². The third-order valence-corrected chi connectivity index (χ3v) is 3.62. The first-order valence-electron chi connectivity index (χ1n) is 6.66. The molecule has 0 aliphatic carbocycles. The van der Waals surface area contributed by atoms with E-state index in [2.05, 4.69) is 10.6 Å².